The number of amides is 1. The van der Waals surface area contributed by atoms with Crippen molar-refractivity contribution in [1.82, 2.24) is 15.1 Å². The molecule has 4 nitrogen and oxygen atoms in total. The highest BCUT2D eigenvalue weighted by Gasteiger charge is 2.29. The molecule has 0 aliphatic carbocycles. The van der Waals surface area contributed by atoms with Crippen molar-refractivity contribution in [2.24, 2.45) is 0 Å². The number of hydrogen-bond acceptors (Lipinski definition) is 3. The average molecular weight is 239 g/mol. The van der Waals surface area contributed by atoms with Gasteiger partial charge in [-0.1, -0.05) is 6.92 Å². The van der Waals surface area contributed by atoms with E-state index >= 15 is 0 Å². The molecule has 1 amide bonds. The van der Waals surface area contributed by atoms with E-state index < -0.39 is 0 Å². The quantitative estimate of drug-likeness (QED) is 0.784. The number of carbonyl (C=O) groups excluding carboxylic acids is 1. The Bertz CT molecular complexity index is 251. The Hall–Kier alpha value is -0.610. The minimum atomic E-state index is 0.366. The summed E-state index contributed by atoms with van der Waals surface area (Å²) < 4.78 is 0. The first-order valence-electron chi connectivity index (χ1n) is 7.04. The molecule has 4 heteroatoms. The largest absolute Gasteiger partial charge is 0.338 e. The lowest BCUT2D eigenvalue weighted by molar-refractivity contribution is -0.132. The van der Waals surface area contributed by atoms with E-state index in [-0.39, 0.29) is 0 Å². The van der Waals surface area contributed by atoms with Crippen molar-refractivity contribution in [1.29, 1.82) is 0 Å². The predicted octanol–water partition coefficient (Wildman–Crippen LogP) is 0.683. The van der Waals surface area contributed by atoms with E-state index in [9.17, 15) is 4.79 Å². The number of nitrogens with zero attached hydrogens (tertiary/aromatic N) is 2. The second-order valence-electron chi connectivity index (χ2n) is 5.18. The van der Waals surface area contributed by atoms with Crippen LogP contribution in [0.3, 0.4) is 0 Å². The summed E-state index contributed by atoms with van der Waals surface area (Å²) in [5, 5.41) is 3.37. The summed E-state index contributed by atoms with van der Waals surface area (Å²) in [6.07, 6.45) is 4.07. The van der Waals surface area contributed by atoms with Gasteiger partial charge in [-0.2, -0.15) is 0 Å². The number of carbonyl (C=O) groups is 1. The van der Waals surface area contributed by atoms with Gasteiger partial charge in [0.15, 0.2) is 0 Å². The highest BCUT2D eigenvalue weighted by atomic mass is 16.2. The van der Waals surface area contributed by atoms with Gasteiger partial charge in [-0.15, -0.1) is 0 Å². The topological polar surface area (TPSA) is 35.6 Å². The molecule has 98 valence electrons. The third-order valence-electron chi connectivity index (χ3n) is 3.84. The van der Waals surface area contributed by atoms with Crippen LogP contribution in [-0.2, 0) is 4.79 Å². The van der Waals surface area contributed by atoms with E-state index in [2.05, 4.69) is 22.0 Å². The molecule has 0 aromatic carbocycles. The Morgan fingerprint density at radius 2 is 2.06 bits per heavy atom. The van der Waals surface area contributed by atoms with E-state index in [0.29, 0.717) is 11.9 Å². The molecule has 1 atom stereocenters. The summed E-state index contributed by atoms with van der Waals surface area (Å²) in [5.74, 6) is 0.366. The highest BCUT2D eigenvalue weighted by Crippen LogP contribution is 2.19. The fourth-order valence-corrected chi connectivity index (χ4v) is 2.90. The monoisotopic (exact) mass is 239 g/mol. The Labute approximate surface area is 104 Å². The van der Waals surface area contributed by atoms with Crippen molar-refractivity contribution in [3.05, 3.63) is 0 Å². The van der Waals surface area contributed by atoms with Gasteiger partial charge >= 0.3 is 0 Å². The normalized spacial score (nSPS) is 26.4. The molecule has 2 rings (SSSR count). The van der Waals surface area contributed by atoms with Crippen LogP contribution in [0.15, 0.2) is 0 Å². The van der Waals surface area contributed by atoms with Crippen molar-refractivity contribution in [3.8, 4) is 0 Å². The Balaban J connectivity index is 1.83. The van der Waals surface area contributed by atoms with Gasteiger partial charge in [0.1, 0.15) is 0 Å². The fraction of sp³-hybridized carbons (Fsp3) is 0.923. The van der Waals surface area contributed by atoms with Gasteiger partial charge in [0, 0.05) is 51.7 Å². The fourth-order valence-electron chi connectivity index (χ4n) is 2.90. The Morgan fingerprint density at radius 3 is 2.76 bits per heavy atom. The molecular formula is C13H25N3O. The minimum Gasteiger partial charge on any atom is -0.338 e. The maximum absolute atomic E-state index is 12.0. The first kappa shape index (κ1) is 12.8. The van der Waals surface area contributed by atoms with Crippen LogP contribution in [0.1, 0.15) is 32.6 Å². The van der Waals surface area contributed by atoms with Crippen LogP contribution in [0.2, 0.25) is 0 Å². The van der Waals surface area contributed by atoms with Gasteiger partial charge < -0.3 is 10.2 Å². The van der Waals surface area contributed by atoms with Gasteiger partial charge in [-0.3, -0.25) is 9.69 Å². The number of nitrogens with one attached hydrogen (secondary N) is 1. The van der Waals surface area contributed by atoms with Crippen molar-refractivity contribution in [3.63, 3.8) is 0 Å². The van der Waals surface area contributed by atoms with Gasteiger partial charge in [0.2, 0.25) is 5.91 Å². The molecule has 2 heterocycles. The third kappa shape index (κ3) is 3.42. The van der Waals surface area contributed by atoms with Crippen molar-refractivity contribution in [2.75, 3.05) is 39.3 Å². The molecule has 2 fully saturated rings. The molecule has 2 saturated heterocycles. The summed E-state index contributed by atoms with van der Waals surface area (Å²) in [6.45, 7) is 8.59. The van der Waals surface area contributed by atoms with E-state index in [1.807, 2.05) is 0 Å². The molecule has 2 aliphatic heterocycles. The Morgan fingerprint density at radius 1 is 1.29 bits per heavy atom. The number of likely N-dealkylation sites (tertiary alicyclic amines) is 1. The number of hydrogen-bond donors (Lipinski definition) is 1. The number of piperazine rings is 1. The van der Waals surface area contributed by atoms with Gasteiger partial charge in [0.25, 0.3) is 0 Å². The van der Waals surface area contributed by atoms with Crippen LogP contribution in [0.5, 0.6) is 0 Å². The van der Waals surface area contributed by atoms with Crippen LogP contribution in [0.25, 0.3) is 0 Å². The molecule has 0 radical (unpaired) electrons. The third-order valence-corrected chi connectivity index (χ3v) is 3.84. The Kier molecular flexibility index (Phi) is 4.80. The van der Waals surface area contributed by atoms with Crippen molar-refractivity contribution >= 4 is 5.91 Å². The van der Waals surface area contributed by atoms with Gasteiger partial charge in [-0.05, 0) is 19.3 Å². The molecule has 0 bridgehead atoms. The van der Waals surface area contributed by atoms with Crippen LogP contribution in [0.4, 0.5) is 0 Å². The van der Waals surface area contributed by atoms with Gasteiger partial charge in [0.05, 0.1) is 0 Å². The predicted molar refractivity (Wildman–Crippen MR) is 69.0 cm³/mol. The second-order valence-corrected chi connectivity index (χ2v) is 5.18. The van der Waals surface area contributed by atoms with Gasteiger partial charge in [-0.25, -0.2) is 0 Å². The lowest BCUT2D eigenvalue weighted by atomic mass is 10.2. The second kappa shape index (κ2) is 6.36. The van der Waals surface area contributed by atoms with Crippen LogP contribution < -0.4 is 5.32 Å². The molecule has 0 spiro atoms. The summed E-state index contributed by atoms with van der Waals surface area (Å²) in [7, 11) is 0. The van der Waals surface area contributed by atoms with Crippen LogP contribution in [-0.4, -0.2) is 61.0 Å². The molecule has 0 aromatic heterocycles. The first-order chi connectivity index (χ1) is 8.31. The summed E-state index contributed by atoms with van der Waals surface area (Å²) >= 11 is 0. The van der Waals surface area contributed by atoms with E-state index in [4.69, 9.17) is 0 Å². The molecule has 17 heavy (non-hydrogen) atoms. The summed E-state index contributed by atoms with van der Waals surface area (Å²) in [4.78, 5) is 16.6. The van der Waals surface area contributed by atoms with E-state index in [1.165, 1.54) is 12.8 Å². The first-order valence-corrected chi connectivity index (χ1v) is 7.04. The zero-order chi connectivity index (χ0) is 12.1. The zero-order valence-electron chi connectivity index (χ0n) is 11.0. The highest BCUT2D eigenvalue weighted by molar-refractivity contribution is 5.76. The number of rotatable bonds is 4. The average Bonchev–Trinajstić information content (AvgIpc) is 2.79. The maximum atomic E-state index is 12.0. The molecule has 0 saturated carbocycles. The van der Waals surface area contributed by atoms with Crippen molar-refractivity contribution in [2.45, 2.75) is 38.6 Å². The molecular weight excluding hydrogens is 214 g/mol. The van der Waals surface area contributed by atoms with E-state index in [0.717, 1.165) is 52.1 Å². The molecule has 1 unspecified atom stereocenters. The lowest BCUT2D eigenvalue weighted by Gasteiger charge is -2.33. The van der Waals surface area contributed by atoms with Crippen molar-refractivity contribution < 1.29 is 4.79 Å². The zero-order valence-corrected chi connectivity index (χ0v) is 11.0. The molecule has 1 N–H and O–H groups in total. The lowest BCUT2D eigenvalue weighted by Crippen LogP contribution is -2.49. The minimum absolute atomic E-state index is 0.366. The smallest absolute Gasteiger partial charge is 0.222 e. The molecule has 0 aromatic rings. The van der Waals surface area contributed by atoms with E-state index in [1.54, 1.807) is 0 Å². The maximum Gasteiger partial charge on any atom is 0.222 e. The SMILES string of the molecule is CCCC(=O)N1CCCC1CN1CCNCC1. The standard InChI is InChI=1S/C13H25N3O/c1-2-4-13(17)16-8-3-5-12(16)11-15-9-6-14-7-10-15/h12,14H,2-11H2,1H3. The molecule has 2 aliphatic rings. The van der Waals surface area contributed by atoms with Crippen LogP contribution in [0, 0.1) is 0 Å². The summed E-state index contributed by atoms with van der Waals surface area (Å²) in [5.41, 5.74) is 0. The summed E-state index contributed by atoms with van der Waals surface area (Å²) in [6, 6.07) is 0.479. The van der Waals surface area contributed by atoms with Crippen LogP contribution >= 0.6 is 0 Å².